The van der Waals surface area contributed by atoms with E-state index in [-0.39, 0.29) is 49.4 Å². The normalized spacial score (nSPS) is 38.6. The number of aliphatic hydroxyl groups is 1. The number of esters is 2. The lowest BCUT2D eigenvalue weighted by Gasteiger charge is -2.50. The molecule has 0 spiro atoms. The van der Waals surface area contributed by atoms with Gasteiger partial charge in [-0.05, 0) is 124 Å². The Bertz CT molecular complexity index is 2350. The summed E-state index contributed by atoms with van der Waals surface area (Å²) in [5.41, 5.74) is -1.71. The minimum Gasteiger partial charge on any atom is -0.493 e. The lowest BCUT2D eigenvalue weighted by Crippen LogP contribution is -2.62. The molecule has 0 amide bonds. The maximum atomic E-state index is 15.5. The summed E-state index contributed by atoms with van der Waals surface area (Å²) < 4.78 is 71.6. The summed E-state index contributed by atoms with van der Waals surface area (Å²) in [6, 6.07) is 9.62. The third-order valence-electron chi connectivity index (χ3n) is 18.4. The number of Topliss-reactive ketones (excluding diaryl/α,β-unsaturated/α-hetero) is 1. The Morgan fingerprint density at radius 3 is 2.15 bits per heavy atom. The van der Waals surface area contributed by atoms with Crippen molar-refractivity contribution in [2.75, 3.05) is 59.7 Å². The van der Waals surface area contributed by atoms with E-state index in [4.69, 9.17) is 52.1 Å². The van der Waals surface area contributed by atoms with Gasteiger partial charge in [0, 0.05) is 101 Å². The molecule has 1 saturated carbocycles. The summed E-state index contributed by atoms with van der Waals surface area (Å²) in [6.45, 7) is 19.8. The number of carbonyl (C=O) groups excluding carboxylic acids is 3. The number of benzene rings is 1. The van der Waals surface area contributed by atoms with Crippen LogP contribution >= 0.6 is 11.8 Å². The fraction of sp³-hybridized carbons (Fsp3) is 0.770. The number of fused-ring (bicyclic) bond motifs is 1. The predicted octanol–water partition coefficient (Wildman–Crippen LogP) is 8.45. The maximum Gasteiger partial charge on any atom is 0.320 e. The van der Waals surface area contributed by atoms with Crippen LogP contribution in [0.3, 0.4) is 0 Å². The molecule has 5 aliphatic rings. The van der Waals surface area contributed by atoms with Crippen molar-refractivity contribution in [2.24, 2.45) is 29.6 Å². The first-order valence-corrected chi connectivity index (χ1v) is 30.2. The second kappa shape index (κ2) is 27.4. The third-order valence-corrected chi connectivity index (χ3v) is 19.6. The molecule has 450 valence electrons. The third kappa shape index (κ3) is 14.0. The van der Waals surface area contributed by atoms with E-state index in [2.05, 4.69) is 9.88 Å². The van der Waals surface area contributed by atoms with Gasteiger partial charge in [-0.3, -0.25) is 24.3 Å². The van der Waals surface area contributed by atoms with E-state index >= 15 is 9.59 Å². The summed E-state index contributed by atoms with van der Waals surface area (Å²) in [5.74, 6) is -3.10. The highest BCUT2D eigenvalue weighted by Crippen LogP contribution is 2.50. The zero-order chi connectivity index (χ0) is 58.4. The molecule has 19 atom stereocenters. The van der Waals surface area contributed by atoms with Gasteiger partial charge in [0.1, 0.15) is 23.2 Å². The number of hydrogen-bond donors (Lipinski definition) is 1. The number of pyridine rings is 1. The van der Waals surface area contributed by atoms with Crippen molar-refractivity contribution in [1.82, 2.24) is 9.88 Å². The molecule has 18 nitrogen and oxygen atoms in total. The topological polar surface area (TPSA) is 192 Å². The van der Waals surface area contributed by atoms with Crippen molar-refractivity contribution in [3.05, 3.63) is 48.3 Å². The van der Waals surface area contributed by atoms with Crippen molar-refractivity contribution in [3.8, 4) is 11.5 Å². The molecule has 1 aliphatic carbocycles. The standard InChI is InChI=1S/C61H95N3O15S/c1-17-47-61(10)49(53(57(68)79-61)80-29-28-64(34-41-24-26-62-27-25-41)42-22-23-44(69-13)45(31-42)75-43-20-18-19-21-43)37(4)51(65)35(2)32-60(9,72-16)55(78-58-50(63(11)12)46(70-14)30-36(3)73-58)38(5)52(39(6)56(67)76-47)77-48-33-59(8,71-15)54(66)40(7)74-48/h22-27,31,35-40,43,46-50,52-55,58,66H,17-21,28-30,32-34H2,1-16H3/t35-,36-,37-,38+,39-,40+,46-,47-,48+,49+,50+,52+,53?,54+,55-,58+,59-,60-,61-/m1/s1. The summed E-state index contributed by atoms with van der Waals surface area (Å²) in [5, 5.41) is 10.5. The van der Waals surface area contributed by atoms with Crippen LogP contribution in [0.2, 0.25) is 0 Å². The summed E-state index contributed by atoms with van der Waals surface area (Å²) in [7, 11) is 10.4. The number of hydrogen-bond acceptors (Lipinski definition) is 19. The highest BCUT2D eigenvalue weighted by atomic mass is 32.2. The highest BCUT2D eigenvalue weighted by molar-refractivity contribution is 8.00. The fourth-order valence-electron chi connectivity index (χ4n) is 13.6. The maximum absolute atomic E-state index is 15.5. The number of carbonyl (C=O) groups is 3. The van der Waals surface area contributed by atoms with Crippen LogP contribution in [0, 0.1) is 29.6 Å². The number of anilines is 1. The largest absolute Gasteiger partial charge is 0.493 e. The number of nitrogens with zero attached hydrogens (tertiary/aromatic N) is 3. The lowest BCUT2D eigenvalue weighted by molar-refractivity contribution is -0.316. The number of methoxy groups -OCH3 is 4. The van der Waals surface area contributed by atoms with E-state index in [0.717, 1.165) is 36.9 Å². The number of thioether (sulfide) groups is 1. The van der Waals surface area contributed by atoms with Crippen LogP contribution in [0.25, 0.3) is 0 Å². The zero-order valence-electron chi connectivity index (χ0n) is 50.5. The Morgan fingerprint density at radius 2 is 1.52 bits per heavy atom. The van der Waals surface area contributed by atoms with E-state index in [1.165, 1.54) is 11.8 Å². The average Bonchev–Trinajstić information content (AvgIpc) is 4.10. The van der Waals surface area contributed by atoms with Crippen molar-refractivity contribution in [3.63, 3.8) is 0 Å². The Hall–Kier alpha value is -3.63. The van der Waals surface area contributed by atoms with Crippen molar-refractivity contribution >= 4 is 35.2 Å². The first-order valence-electron chi connectivity index (χ1n) is 29.1. The minimum absolute atomic E-state index is 0.0956. The van der Waals surface area contributed by atoms with Gasteiger partial charge in [-0.2, -0.15) is 0 Å². The quantitative estimate of drug-likeness (QED) is 0.132. The van der Waals surface area contributed by atoms with Crippen LogP contribution < -0.4 is 14.4 Å². The lowest BCUT2D eigenvalue weighted by atomic mass is 9.70. The van der Waals surface area contributed by atoms with E-state index in [1.54, 1.807) is 54.7 Å². The predicted molar refractivity (Wildman–Crippen MR) is 305 cm³/mol. The minimum atomic E-state index is -1.42. The van der Waals surface area contributed by atoms with Gasteiger partial charge in [-0.25, -0.2) is 0 Å². The van der Waals surface area contributed by atoms with Gasteiger partial charge in [0.15, 0.2) is 29.7 Å². The molecule has 1 aromatic heterocycles. The summed E-state index contributed by atoms with van der Waals surface area (Å²) >= 11 is 1.45. The molecule has 4 aliphatic heterocycles. The van der Waals surface area contributed by atoms with Crippen molar-refractivity contribution in [1.29, 1.82) is 0 Å². The first kappa shape index (κ1) is 63.9. The van der Waals surface area contributed by atoms with Crippen LogP contribution in [0.15, 0.2) is 42.7 Å². The molecule has 4 saturated heterocycles. The van der Waals surface area contributed by atoms with Gasteiger partial charge < -0.3 is 62.1 Å². The van der Waals surface area contributed by atoms with Crippen LogP contribution in [0.4, 0.5) is 5.69 Å². The summed E-state index contributed by atoms with van der Waals surface area (Å²) in [4.78, 5) is 54.1. The molecule has 0 bridgehead atoms. The molecule has 7 rings (SSSR count). The smallest absolute Gasteiger partial charge is 0.320 e. The molecule has 19 heteroatoms. The average molecular weight is 1140 g/mol. The molecule has 1 unspecified atom stereocenters. The van der Waals surface area contributed by atoms with Gasteiger partial charge in [-0.15, -0.1) is 11.8 Å². The number of ether oxygens (including phenoxy) is 11. The molecular formula is C61H95N3O15S. The molecule has 80 heavy (non-hydrogen) atoms. The van der Waals surface area contributed by atoms with Crippen LogP contribution in [0.1, 0.15) is 126 Å². The Kier molecular flexibility index (Phi) is 21.9. The van der Waals surface area contributed by atoms with Gasteiger partial charge in [0.2, 0.25) is 0 Å². The number of cyclic esters (lactones) is 1. The second-order valence-electron chi connectivity index (χ2n) is 24.2. The van der Waals surface area contributed by atoms with Crippen LogP contribution in [-0.4, -0.2) is 177 Å². The number of aliphatic hydroxyl groups excluding tert-OH is 1. The van der Waals surface area contributed by atoms with E-state index in [1.807, 2.05) is 105 Å². The molecule has 0 radical (unpaired) electrons. The number of aromatic nitrogens is 1. The molecule has 5 fully saturated rings. The van der Waals surface area contributed by atoms with E-state index < -0.39 is 107 Å². The van der Waals surface area contributed by atoms with Gasteiger partial charge >= 0.3 is 11.9 Å². The Balaban J connectivity index is 1.26. The molecule has 1 N–H and O–H groups in total. The summed E-state index contributed by atoms with van der Waals surface area (Å²) in [6.07, 6.45) is 2.41. The van der Waals surface area contributed by atoms with E-state index in [9.17, 15) is 9.90 Å². The first-order chi connectivity index (χ1) is 38.0. The second-order valence-corrected chi connectivity index (χ2v) is 25.5. The number of ketones is 1. The number of rotatable bonds is 19. The fourth-order valence-corrected chi connectivity index (χ4v) is 15.1. The molecule has 5 heterocycles. The van der Waals surface area contributed by atoms with Gasteiger partial charge in [-0.1, -0.05) is 27.7 Å². The SMILES string of the molecule is CC[C@H]1OC(=O)[C@H](C)[C@@H](O[C@H]2C[C@@](C)(OC)[C@@H](O)[C@H](C)O2)[C@H](C)[C@@H](O[C@@H]2O[C@H](C)C[C@@H](OC)[C@@H]2N(C)C)[C@](C)(OC)C[C@@H](C)C(=O)[C@H](C)[C@H]2C(SCCN(Cc3ccncc3)c3ccc(OC)c(OC4CCCC4)c3)C(=O)O[C@@]21C. The highest BCUT2D eigenvalue weighted by Gasteiger charge is 2.62. The number of likely N-dealkylation sites (N-methyl/N-ethyl adjacent to an activating group) is 1. The monoisotopic (exact) mass is 1140 g/mol. The molecule has 2 aromatic rings. The van der Waals surface area contributed by atoms with Crippen LogP contribution in [0.5, 0.6) is 11.5 Å². The van der Waals surface area contributed by atoms with Gasteiger partial charge in [0.25, 0.3) is 0 Å². The molecular weight excluding hydrogens is 1050 g/mol. The van der Waals surface area contributed by atoms with Crippen LogP contribution in [-0.2, 0) is 63.6 Å². The molecule has 1 aromatic carbocycles. The Morgan fingerprint density at radius 1 is 0.838 bits per heavy atom. The van der Waals surface area contributed by atoms with Crippen molar-refractivity contribution < 1.29 is 71.6 Å². The zero-order valence-corrected chi connectivity index (χ0v) is 51.4. The van der Waals surface area contributed by atoms with E-state index in [0.29, 0.717) is 36.8 Å². The van der Waals surface area contributed by atoms with Gasteiger partial charge in [0.05, 0.1) is 66.9 Å². The Labute approximate surface area is 480 Å². The van der Waals surface area contributed by atoms with Crippen molar-refractivity contribution in [2.45, 2.75) is 217 Å².